The van der Waals surface area contributed by atoms with E-state index < -0.39 is 0 Å². The van der Waals surface area contributed by atoms with Crippen molar-refractivity contribution in [2.75, 3.05) is 23.3 Å². The lowest BCUT2D eigenvalue weighted by Gasteiger charge is -2.35. The first-order chi connectivity index (χ1) is 10.2. The van der Waals surface area contributed by atoms with Crippen LogP contribution in [0.25, 0.3) is 0 Å². The minimum absolute atomic E-state index is 0.00583. The molecule has 0 radical (unpaired) electrons. The molecule has 1 fully saturated rings. The largest absolute Gasteiger partial charge is 0.364 e. The van der Waals surface area contributed by atoms with Crippen LogP contribution in [-0.4, -0.2) is 34.0 Å². The molecule has 116 valence electrons. The first-order valence-electron chi connectivity index (χ1n) is 7.68. The predicted molar refractivity (Wildman–Crippen MR) is 82.7 cm³/mol. The van der Waals surface area contributed by atoms with Crippen LogP contribution in [0.1, 0.15) is 46.0 Å². The Labute approximate surface area is 124 Å². The van der Waals surface area contributed by atoms with Gasteiger partial charge in [0.05, 0.1) is 4.92 Å². The number of hydrogen-bond acceptors (Lipinski definition) is 6. The molecule has 1 aromatic rings. The minimum Gasteiger partial charge on any atom is -0.364 e. The zero-order valence-electron chi connectivity index (χ0n) is 12.7. The van der Waals surface area contributed by atoms with E-state index in [1.807, 2.05) is 6.92 Å². The molecule has 1 unspecified atom stereocenters. The summed E-state index contributed by atoms with van der Waals surface area (Å²) in [4.78, 5) is 21.5. The van der Waals surface area contributed by atoms with Gasteiger partial charge in [-0.2, -0.15) is 0 Å². The fraction of sp³-hybridized carbons (Fsp3) is 0.714. The first-order valence-corrected chi connectivity index (χ1v) is 7.68. The van der Waals surface area contributed by atoms with Crippen molar-refractivity contribution in [1.82, 2.24) is 9.97 Å². The maximum absolute atomic E-state index is 11.5. The second-order valence-electron chi connectivity index (χ2n) is 5.33. The SMILES string of the molecule is CCCNc1ncnc(N2CCCCC2CC)c1[N+](=O)[O-]. The Bertz CT molecular complexity index is 494. The van der Waals surface area contributed by atoms with Crippen LogP contribution in [0.5, 0.6) is 0 Å². The molecular weight excluding hydrogens is 270 g/mol. The van der Waals surface area contributed by atoms with E-state index in [1.165, 1.54) is 12.7 Å². The zero-order chi connectivity index (χ0) is 15.2. The summed E-state index contributed by atoms with van der Waals surface area (Å²) in [6.45, 7) is 5.61. The van der Waals surface area contributed by atoms with E-state index in [4.69, 9.17) is 0 Å². The summed E-state index contributed by atoms with van der Waals surface area (Å²) in [7, 11) is 0. The highest BCUT2D eigenvalue weighted by Gasteiger charge is 2.31. The zero-order valence-corrected chi connectivity index (χ0v) is 12.7. The molecule has 1 saturated heterocycles. The van der Waals surface area contributed by atoms with Gasteiger partial charge in [-0.25, -0.2) is 9.97 Å². The van der Waals surface area contributed by atoms with Crippen LogP contribution in [-0.2, 0) is 0 Å². The third-order valence-corrected chi connectivity index (χ3v) is 3.90. The average Bonchev–Trinajstić information content (AvgIpc) is 2.52. The van der Waals surface area contributed by atoms with Gasteiger partial charge in [0.2, 0.25) is 11.6 Å². The van der Waals surface area contributed by atoms with Crippen molar-refractivity contribution in [3.05, 3.63) is 16.4 Å². The van der Waals surface area contributed by atoms with E-state index in [0.717, 1.165) is 32.2 Å². The predicted octanol–water partition coefficient (Wildman–Crippen LogP) is 2.98. The Kier molecular flexibility index (Phi) is 5.30. The molecule has 0 amide bonds. The third kappa shape index (κ3) is 3.40. The van der Waals surface area contributed by atoms with E-state index in [-0.39, 0.29) is 10.6 Å². The molecule has 0 saturated carbocycles. The van der Waals surface area contributed by atoms with Crippen LogP contribution in [0.3, 0.4) is 0 Å². The van der Waals surface area contributed by atoms with Gasteiger partial charge in [0.15, 0.2) is 0 Å². The second kappa shape index (κ2) is 7.19. The van der Waals surface area contributed by atoms with Gasteiger partial charge < -0.3 is 10.2 Å². The molecule has 21 heavy (non-hydrogen) atoms. The summed E-state index contributed by atoms with van der Waals surface area (Å²) in [6.07, 6.45) is 6.57. The van der Waals surface area contributed by atoms with Crippen molar-refractivity contribution >= 4 is 17.3 Å². The highest BCUT2D eigenvalue weighted by Crippen LogP contribution is 2.35. The van der Waals surface area contributed by atoms with Gasteiger partial charge in [0.1, 0.15) is 6.33 Å². The molecule has 2 heterocycles. The quantitative estimate of drug-likeness (QED) is 0.641. The Morgan fingerprint density at radius 2 is 2.24 bits per heavy atom. The Morgan fingerprint density at radius 1 is 1.43 bits per heavy atom. The van der Waals surface area contributed by atoms with E-state index in [1.54, 1.807) is 0 Å². The number of aromatic nitrogens is 2. The standard InChI is InChI=1S/C14H23N5O2/c1-3-8-15-13-12(19(20)21)14(17-10-16-13)18-9-6-5-7-11(18)4-2/h10-11H,3-9H2,1-2H3,(H,15,16,17). The molecule has 0 aromatic carbocycles. The molecule has 1 atom stereocenters. The van der Waals surface area contributed by atoms with Gasteiger partial charge in [0.25, 0.3) is 0 Å². The Hall–Kier alpha value is -1.92. The van der Waals surface area contributed by atoms with Crippen molar-refractivity contribution in [3.63, 3.8) is 0 Å². The molecule has 2 rings (SSSR count). The van der Waals surface area contributed by atoms with E-state index in [2.05, 4.69) is 27.1 Å². The van der Waals surface area contributed by atoms with Crippen LogP contribution < -0.4 is 10.2 Å². The maximum Gasteiger partial charge on any atom is 0.353 e. The fourth-order valence-electron chi connectivity index (χ4n) is 2.82. The van der Waals surface area contributed by atoms with Gasteiger partial charge in [-0.05, 0) is 32.1 Å². The molecule has 0 aliphatic carbocycles. The minimum atomic E-state index is -0.366. The first kappa shape index (κ1) is 15.5. The van der Waals surface area contributed by atoms with Gasteiger partial charge in [0, 0.05) is 19.1 Å². The van der Waals surface area contributed by atoms with E-state index in [9.17, 15) is 10.1 Å². The molecule has 1 aliphatic rings. The number of nitrogens with one attached hydrogen (secondary N) is 1. The summed E-state index contributed by atoms with van der Waals surface area (Å²) >= 11 is 0. The molecule has 7 nitrogen and oxygen atoms in total. The summed E-state index contributed by atoms with van der Waals surface area (Å²) in [5.74, 6) is 0.785. The fourth-order valence-corrected chi connectivity index (χ4v) is 2.82. The highest BCUT2D eigenvalue weighted by molar-refractivity contribution is 5.70. The lowest BCUT2D eigenvalue weighted by Crippen LogP contribution is -2.40. The topological polar surface area (TPSA) is 84.2 Å². The number of nitro groups is 1. The van der Waals surface area contributed by atoms with Crippen molar-refractivity contribution < 1.29 is 4.92 Å². The lowest BCUT2D eigenvalue weighted by molar-refractivity contribution is -0.383. The van der Waals surface area contributed by atoms with Gasteiger partial charge >= 0.3 is 5.69 Å². The van der Waals surface area contributed by atoms with Gasteiger partial charge in [-0.15, -0.1) is 0 Å². The van der Waals surface area contributed by atoms with Crippen molar-refractivity contribution in [2.45, 2.75) is 52.0 Å². The van der Waals surface area contributed by atoms with E-state index in [0.29, 0.717) is 24.2 Å². The van der Waals surface area contributed by atoms with Crippen LogP contribution >= 0.6 is 0 Å². The summed E-state index contributed by atoms with van der Waals surface area (Å²) in [5.41, 5.74) is 0.00583. The molecular formula is C14H23N5O2. The molecule has 1 aliphatic heterocycles. The van der Waals surface area contributed by atoms with Crippen LogP contribution in [0.2, 0.25) is 0 Å². The van der Waals surface area contributed by atoms with Crippen LogP contribution in [0.15, 0.2) is 6.33 Å². The van der Waals surface area contributed by atoms with Crippen molar-refractivity contribution in [3.8, 4) is 0 Å². The summed E-state index contributed by atoms with van der Waals surface area (Å²) < 4.78 is 0. The number of rotatable bonds is 6. The number of piperidine rings is 1. The molecule has 1 N–H and O–H groups in total. The van der Waals surface area contributed by atoms with Crippen molar-refractivity contribution in [1.29, 1.82) is 0 Å². The normalized spacial score (nSPS) is 18.6. The van der Waals surface area contributed by atoms with Gasteiger partial charge in [-0.1, -0.05) is 13.8 Å². The highest BCUT2D eigenvalue weighted by atomic mass is 16.6. The summed E-state index contributed by atoms with van der Waals surface area (Å²) in [6, 6.07) is 0.325. The van der Waals surface area contributed by atoms with Crippen molar-refractivity contribution in [2.24, 2.45) is 0 Å². The van der Waals surface area contributed by atoms with Crippen LogP contribution in [0.4, 0.5) is 17.3 Å². The Morgan fingerprint density at radius 3 is 2.90 bits per heavy atom. The third-order valence-electron chi connectivity index (χ3n) is 3.90. The van der Waals surface area contributed by atoms with Crippen LogP contribution in [0, 0.1) is 10.1 Å². The average molecular weight is 293 g/mol. The summed E-state index contributed by atoms with van der Waals surface area (Å²) in [5, 5.41) is 14.5. The Balaban J connectivity index is 2.39. The number of anilines is 2. The second-order valence-corrected chi connectivity index (χ2v) is 5.33. The lowest BCUT2D eigenvalue weighted by atomic mass is 10.00. The molecule has 1 aromatic heterocycles. The maximum atomic E-state index is 11.5. The van der Waals surface area contributed by atoms with E-state index >= 15 is 0 Å². The molecule has 0 bridgehead atoms. The number of nitrogens with zero attached hydrogens (tertiary/aromatic N) is 4. The molecule has 7 heteroatoms. The monoisotopic (exact) mass is 293 g/mol. The smallest absolute Gasteiger partial charge is 0.353 e. The molecule has 0 spiro atoms. The number of hydrogen-bond donors (Lipinski definition) is 1. The van der Waals surface area contributed by atoms with Gasteiger partial charge in [-0.3, -0.25) is 10.1 Å².